The van der Waals surface area contributed by atoms with Gasteiger partial charge in [0.1, 0.15) is 11.9 Å². The summed E-state index contributed by atoms with van der Waals surface area (Å²) in [7, 11) is 1.61. The molecular formula is C20H18IN3O2. The standard InChI is InChI=1S/C20H18IN3O2/c1-3-8-26-19-15(21)10-13(11-18(19)25-2)9-14(12-22)20-23-16-6-4-5-7-17(16)24-20/h4-7,9-11H,3,8H2,1-2H3,(H,23,24)/b14-9+. The molecule has 0 radical (unpaired) electrons. The molecule has 5 nitrogen and oxygen atoms in total. The molecule has 0 amide bonds. The van der Waals surface area contributed by atoms with Crippen LogP contribution in [0.3, 0.4) is 0 Å². The summed E-state index contributed by atoms with van der Waals surface area (Å²) in [6.07, 6.45) is 2.72. The van der Waals surface area contributed by atoms with E-state index in [0.29, 0.717) is 23.8 Å². The number of ether oxygens (including phenoxy) is 2. The van der Waals surface area contributed by atoms with Crippen LogP contribution in [0.1, 0.15) is 24.7 Å². The number of nitrogens with zero attached hydrogens (tertiary/aromatic N) is 2. The van der Waals surface area contributed by atoms with Gasteiger partial charge in [-0.05, 0) is 64.9 Å². The van der Waals surface area contributed by atoms with Crippen molar-refractivity contribution in [3.05, 3.63) is 51.4 Å². The number of aromatic nitrogens is 2. The predicted molar refractivity (Wildman–Crippen MR) is 111 cm³/mol. The quantitative estimate of drug-likeness (QED) is 0.415. The van der Waals surface area contributed by atoms with Gasteiger partial charge < -0.3 is 14.5 Å². The third kappa shape index (κ3) is 3.83. The van der Waals surface area contributed by atoms with E-state index in [1.54, 1.807) is 13.2 Å². The van der Waals surface area contributed by atoms with Crippen molar-refractivity contribution in [3.8, 4) is 17.6 Å². The summed E-state index contributed by atoms with van der Waals surface area (Å²) in [6, 6.07) is 13.8. The van der Waals surface area contributed by atoms with Crippen LogP contribution < -0.4 is 9.47 Å². The van der Waals surface area contributed by atoms with E-state index in [1.807, 2.05) is 36.4 Å². The van der Waals surface area contributed by atoms with E-state index in [2.05, 4.69) is 45.6 Å². The fourth-order valence-corrected chi connectivity index (χ4v) is 3.35. The maximum absolute atomic E-state index is 9.60. The van der Waals surface area contributed by atoms with Crippen LogP contribution in [-0.4, -0.2) is 23.7 Å². The fraction of sp³-hybridized carbons (Fsp3) is 0.200. The highest BCUT2D eigenvalue weighted by Crippen LogP contribution is 2.35. The second kappa shape index (κ2) is 8.23. The predicted octanol–water partition coefficient (Wildman–Crippen LogP) is 5.03. The van der Waals surface area contributed by atoms with E-state index in [9.17, 15) is 5.26 Å². The van der Waals surface area contributed by atoms with Gasteiger partial charge in [0, 0.05) is 0 Å². The van der Waals surface area contributed by atoms with E-state index < -0.39 is 0 Å². The van der Waals surface area contributed by atoms with Gasteiger partial charge >= 0.3 is 0 Å². The number of allylic oxidation sites excluding steroid dienone is 1. The molecule has 132 valence electrons. The van der Waals surface area contributed by atoms with Crippen LogP contribution >= 0.6 is 22.6 Å². The maximum Gasteiger partial charge on any atom is 0.174 e. The number of rotatable bonds is 6. The van der Waals surface area contributed by atoms with Gasteiger partial charge in [0.2, 0.25) is 0 Å². The van der Waals surface area contributed by atoms with Gasteiger partial charge in [0.05, 0.1) is 33.9 Å². The number of aromatic amines is 1. The smallest absolute Gasteiger partial charge is 0.174 e. The molecule has 3 aromatic rings. The number of hydrogen-bond acceptors (Lipinski definition) is 4. The number of imidazole rings is 1. The molecule has 0 aliphatic rings. The van der Waals surface area contributed by atoms with E-state index in [-0.39, 0.29) is 0 Å². The molecule has 0 unspecified atom stereocenters. The molecule has 0 saturated carbocycles. The van der Waals surface area contributed by atoms with Crippen molar-refractivity contribution in [1.82, 2.24) is 9.97 Å². The maximum atomic E-state index is 9.60. The van der Waals surface area contributed by atoms with Gasteiger partial charge in [0.25, 0.3) is 0 Å². The average molecular weight is 459 g/mol. The molecule has 6 heteroatoms. The van der Waals surface area contributed by atoms with Gasteiger partial charge in [0.15, 0.2) is 11.5 Å². The minimum Gasteiger partial charge on any atom is -0.493 e. The number of H-pyrrole nitrogens is 1. The van der Waals surface area contributed by atoms with Crippen LogP contribution in [0.5, 0.6) is 11.5 Å². The number of methoxy groups -OCH3 is 1. The first-order valence-corrected chi connectivity index (χ1v) is 9.31. The average Bonchev–Trinajstić information content (AvgIpc) is 3.08. The normalized spacial score (nSPS) is 11.4. The first kappa shape index (κ1) is 18.3. The van der Waals surface area contributed by atoms with Crippen LogP contribution in [0, 0.1) is 14.9 Å². The Morgan fingerprint density at radius 1 is 1.35 bits per heavy atom. The van der Waals surface area contributed by atoms with Gasteiger partial charge in [-0.15, -0.1) is 0 Å². The number of nitriles is 1. The Kier molecular flexibility index (Phi) is 5.78. The fourth-order valence-electron chi connectivity index (χ4n) is 2.57. The Morgan fingerprint density at radius 3 is 2.85 bits per heavy atom. The highest BCUT2D eigenvalue weighted by molar-refractivity contribution is 14.1. The van der Waals surface area contributed by atoms with Gasteiger partial charge in [-0.2, -0.15) is 5.26 Å². The zero-order chi connectivity index (χ0) is 18.5. The Hall–Kier alpha value is -2.53. The molecule has 0 aliphatic heterocycles. The molecule has 0 bridgehead atoms. The summed E-state index contributed by atoms with van der Waals surface area (Å²) in [5.41, 5.74) is 3.05. The Labute approximate surface area is 165 Å². The molecule has 0 atom stereocenters. The Bertz CT molecular complexity index is 969. The molecule has 0 spiro atoms. The van der Waals surface area contributed by atoms with E-state index in [0.717, 1.165) is 32.3 Å². The van der Waals surface area contributed by atoms with Crippen molar-refractivity contribution in [3.63, 3.8) is 0 Å². The monoisotopic (exact) mass is 459 g/mol. The van der Waals surface area contributed by atoms with Crippen molar-refractivity contribution >= 4 is 45.3 Å². The lowest BCUT2D eigenvalue weighted by Gasteiger charge is -2.13. The van der Waals surface area contributed by atoms with Crippen LogP contribution in [0.25, 0.3) is 22.7 Å². The molecular weight excluding hydrogens is 441 g/mol. The molecule has 0 fully saturated rings. The van der Waals surface area contributed by atoms with Gasteiger partial charge in [-0.3, -0.25) is 0 Å². The number of benzene rings is 2. The first-order valence-electron chi connectivity index (χ1n) is 8.23. The lowest BCUT2D eigenvalue weighted by atomic mass is 10.1. The number of hydrogen-bond donors (Lipinski definition) is 1. The van der Waals surface area contributed by atoms with Crippen molar-refractivity contribution < 1.29 is 9.47 Å². The zero-order valence-electron chi connectivity index (χ0n) is 14.5. The summed E-state index contributed by atoms with van der Waals surface area (Å²) < 4.78 is 12.2. The van der Waals surface area contributed by atoms with Crippen molar-refractivity contribution in [2.24, 2.45) is 0 Å². The Morgan fingerprint density at radius 2 is 2.15 bits per heavy atom. The summed E-state index contributed by atoms with van der Waals surface area (Å²) in [6.45, 7) is 2.69. The topological polar surface area (TPSA) is 70.9 Å². The Balaban J connectivity index is 2.01. The molecule has 0 saturated heterocycles. The van der Waals surface area contributed by atoms with Crippen LogP contribution in [-0.2, 0) is 0 Å². The number of para-hydroxylation sites is 2. The molecule has 1 heterocycles. The lowest BCUT2D eigenvalue weighted by molar-refractivity contribution is 0.292. The number of fused-ring (bicyclic) bond motifs is 1. The van der Waals surface area contributed by atoms with E-state index in [4.69, 9.17) is 9.47 Å². The molecule has 1 N–H and O–H groups in total. The largest absolute Gasteiger partial charge is 0.493 e. The van der Waals surface area contributed by atoms with Gasteiger partial charge in [-0.25, -0.2) is 4.98 Å². The van der Waals surface area contributed by atoms with Gasteiger partial charge in [-0.1, -0.05) is 19.1 Å². The van der Waals surface area contributed by atoms with Crippen LogP contribution in [0.4, 0.5) is 0 Å². The second-order valence-electron chi connectivity index (χ2n) is 5.65. The second-order valence-corrected chi connectivity index (χ2v) is 6.82. The number of nitrogens with one attached hydrogen (secondary N) is 1. The van der Waals surface area contributed by atoms with E-state index in [1.165, 1.54) is 0 Å². The van der Waals surface area contributed by atoms with Crippen molar-refractivity contribution in [2.75, 3.05) is 13.7 Å². The zero-order valence-corrected chi connectivity index (χ0v) is 16.7. The molecule has 0 aliphatic carbocycles. The highest BCUT2D eigenvalue weighted by Gasteiger charge is 2.13. The molecule has 1 aromatic heterocycles. The SMILES string of the molecule is CCCOc1c(I)cc(/C=C(\C#N)c2nc3ccccc3[nH]2)cc1OC. The van der Waals surface area contributed by atoms with Crippen molar-refractivity contribution in [1.29, 1.82) is 5.26 Å². The van der Waals surface area contributed by atoms with Crippen LogP contribution in [0.15, 0.2) is 36.4 Å². The third-order valence-corrected chi connectivity index (χ3v) is 4.58. The minimum absolute atomic E-state index is 0.460. The molecule has 3 rings (SSSR count). The molecule has 26 heavy (non-hydrogen) atoms. The lowest BCUT2D eigenvalue weighted by Crippen LogP contribution is -2.00. The summed E-state index contributed by atoms with van der Waals surface area (Å²) in [5, 5.41) is 9.60. The third-order valence-electron chi connectivity index (χ3n) is 3.78. The summed E-state index contributed by atoms with van der Waals surface area (Å²) in [4.78, 5) is 7.69. The summed E-state index contributed by atoms with van der Waals surface area (Å²) >= 11 is 2.22. The molecule has 2 aromatic carbocycles. The number of halogens is 1. The van der Waals surface area contributed by atoms with Crippen molar-refractivity contribution in [2.45, 2.75) is 13.3 Å². The minimum atomic E-state index is 0.460. The summed E-state index contributed by atoms with van der Waals surface area (Å²) in [5.74, 6) is 1.93. The highest BCUT2D eigenvalue weighted by atomic mass is 127. The first-order chi connectivity index (χ1) is 12.7. The van der Waals surface area contributed by atoms with E-state index >= 15 is 0 Å². The van der Waals surface area contributed by atoms with Crippen LogP contribution in [0.2, 0.25) is 0 Å².